The van der Waals surface area contributed by atoms with Gasteiger partial charge in [0.15, 0.2) is 0 Å². The number of allylic oxidation sites excluding steroid dienone is 3. The largest absolute Gasteiger partial charge is 0.397 e. The monoisotopic (exact) mass is 638 g/mol. The molecule has 242 valence electrons. The lowest BCUT2D eigenvalue weighted by Crippen LogP contribution is -2.43. The van der Waals surface area contributed by atoms with Gasteiger partial charge in [-0.25, -0.2) is 19.2 Å². The van der Waals surface area contributed by atoms with Crippen LogP contribution >= 0.6 is 0 Å². The highest BCUT2D eigenvalue weighted by Gasteiger charge is 2.49. The SMILES string of the molecule is CN1CCN(Cc2ccc(C(=O)Nc3ccc(F)c(NC(=O)Nc4cc(NC5=CCC(C)(C(F)(F)F)C=C5)ncn4)c3)cc2)CC1. The number of halogens is 4. The zero-order valence-electron chi connectivity index (χ0n) is 25.3. The fourth-order valence-corrected chi connectivity index (χ4v) is 4.87. The normalized spacial score (nSPS) is 18.9. The smallest absolute Gasteiger partial charge is 0.340 e. The van der Waals surface area contributed by atoms with Gasteiger partial charge in [0.05, 0.1) is 11.1 Å². The third kappa shape index (κ3) is 8.25. The predicted octanol–water partition coefficient (Wildman–Crippen LogP) is 6.08. The molecule has 14 heteroatoms. The predicted molar refractivity (Wildman–Crippen MR) is 168 cm³/mol. The minimum Gasteiger partial charge on any atom is -0.340 e. The van der Waals surface area contributed by atoms with Gasteiger partial charge in [-0.1, -0.05) is 24.3 Å². The number of carbonyl (C=O) groups is 2. The molecule has 0 radical (unpaired) electrons. The lowest BCUT2D eigenvalue weighted by molar-refractivity contribution is -0.199. The molecule has 2 aromatic carbocycles. The third-order valence-electron chi connectivity index (χ3n) is 7.90. The van der Waals surface area contributed by atoms with Crippen LogP contribution in [0.2, 0.25) is 0 Å². The number of likely N-dealkylation sites (N-methyl/N-ethyl adjacent to an activating group) is 1. The van der Waals surface area contributed by atoms with E-state index >= 15 is 0 Å². The Labute approximate surface area is 263 Å². The fourth-order valence-electron chi connectivity index (χ4n) is 4.87. The average molecular weight is 639 g/mol. The molecule has 3 aromatic rings. The molecule has 1 saturated heterocycles. The average Bonchev–Trinajstić information content (AvgIpc) is 3.01. The summed E-state index contributed by atoms with van der Waals surface area (Å²) in [7, 11) is 2.11. The molecule has 1 fully saturated rings. The number of alkyl halides is 3. The van der Waals surface area contributed by atoms with E-state index in [2.05, 4.69) is 48.1 Å². The Bertz CT molecular complexity index is 1640. The number of hydrogen-bond acceptors (Lipinski definition) is 7. The fraction of sp³-hybridized carbons (Fsp3) is 0.312. The zero-order valence-corrected chi connectivity index (χ0v) is 25.3. The van der Waals surface area contributed by atoms with Gasteiger partial charge < -0.3 is 20.9 Å². The van der Waals surface area contributed by atoms with E-state index < -0.39 is 23.4 Å². The number of aromatic nitrogens is 2. The number of piperazine rings is 1. The minimum absolute atomic E-state index is 0.0523. The summed E-state index contributed by atoms with van der Waals surface area (Å²) in [6.45, 7) is 5.93. The van der Waals surface area contributed by atoms with E-state index in [1.807, 2.05) is 12.1 Å². The first-order valence-corrected chi connectivity index (χ1v) is 14.6. The van der Waals surface area contributed by atoms with Gasteiger partial charge in [0.1, 0.15) is 23.8 Å². The molecular formula is C32H34F4N8O2. The molecule has 46 heavy (non-hydrogen) atoms. The molecule has 1 aromatic heterocycles. The molecule has 0 spiro atoms. The van der Waals surface area contributed by atoms with Gasteiger partial charge in [0, 0.05) is 55.7 Å². The Morgan fingerprint density at radius 3 is 2.33 bits per heavy atom. The number of rotatable bonds is 8. The van der Waals surface area contributed by atoms with Gasteiger partial charge >= 0.3 is 12.2 Å². The topological polar surface area (TPSA) is 115 Å². The second kappa shape index (κ2) is 13.7. The maximum Gasteiger partial charge on any atom is 0.397 e. The maximum absolute atomic E-state index is 14.6. The summed E-state index contributed by atoms with van der Waals surface area (Å²) in [5, 5.41) is 10.5. The summed E-state index contributed by atoms with van der Waals surface area (Å²) in [5.41, 5.74) is 0.0604. The first kappa shape index (κ1) is 32.6. The number of hydrogen-bond donors (Lipinski definition) is 4. The summed E-state index contributed by atoms with van der Waals surface area (Å²) >= 11 is 0. The van der Waals surface area contributed by atoms with Gasteiger partial charge in [0.25, 0.3) is 5.91 Å². The van der Waals surface area contributed by atoms with Crippen LogP contribution in [0.4, 0.5) is 45.4 Å². The lowest BCUT2D eigenvalue weighted by atomic mass is 9.82. The number of benzene rings is 2. The van der Waals surface area contributed by atoms with Crippen LogP contribution in [0.5, 0.6) is 0 Å². The van der Waals surface area contributed by atoms with Crippen LogP contribution < -0.4 is 21.3 Å². The Hall–Kier alpha value is -4.82. The van der Waals surface area contributed by atoms with E-state index in [1.165, 1.54) is 30.4 Å². The van der Waals surface area contributed by atoms with Crippen LogP contribution in [0.1, 0.15) is 29.3 Å². The van der Waals surface area contributed by atoms with Crippen molar-refractivity contribution in [1.29, 1.82) is 0 Å². The van der Waals surface area contributed by atoms with E-state index in [9.17, 15) is 27.2 Å². The van der Waals surface area contributed by atoms with E-state index in [-0.39, 0.29) is 35.3 Å². The molecule has 1 aliphatic carbocycles. The quantitative estimate of drug-likeness (QED) is 0.221. The summed E-state index contributed by atoms with van der Waals surface area (Å²) < 4.78 is 54.3. The van der Waals surface area contributed by atoms with Crippen molar-refractivity contribution in [3.8, 4) is 0 Å². The van der Waals surface area contributed by atoms with Crippen molar-refractivity contribution < 1.29 is 27.2 Å². The number of amides is 3. The van der Waals surface area contributed by atoms with Gasteiger partial charge in [-0.2, -0.15) is 13.2 Å². The van der Waals surface area contributed by atoms with Gasteiger partial charge in [0.2, 0.25) is 0 Å². The molecule has 0 bridgehead atoms. The number of urea groups is 1. The van der Waals surface area contributed by atoms with Crippen molar-refractivity contribution in [3.05, 3.63) is 95.7 Å². The Kier molecular flexibility index (Phi) is 9.68. The molecule has 10 nitrogen and oxygen atoms in total. The van der Waals surface area contributed by atoms with Gasteiger partial charge in [-0.05, 0) is 62.4 Å². The highest BCUT2D eigenvalue weighted by Crippen LogP contribution is 2.44. The first-order valence-electron chi connectivity index (χ1n) is 14.6. The van der Waals surface area contributed by atoms with E-state index in [0.29, 0.717) is 11.3 Å². The summed E-state index contributed by atoms with van der Waals surface area (Å²) in [4.78, 5) is 38.2. The highest BCUT2D eigenvalue weighted by atomic mass is 19.4. The van der Waals surface area contributed by atoms with Crippen LogP contribution in [0.15, 0.2) is 78.8 Å². The number of nitrogens with zero attached hydrogens (tertiary/aromatic N) is 4. The third-order valence-corrected chi connectivity index (χ3v) is 7.90. The molecule has 2 heterocycles. The van der Waals surface area contributed by atoms with Crippen LogP contribution in [0.25, 0.3) is 0 Å². The van der Waals surface area contributed by atoms with Crippen LogP contribution in [-0.2, 0) is 6.54 Å². The summed E-state index contributed by atoms with van der Waals surface area (Å²) in [5.74, 6) is -0.843. The second-order valence-electron chi connectivity index (χ2n) is 11.5. The zero-order chi connectivity index (χ0) is 32.9. The molecule has 0 saturated carbocycles. The van der Waals surface area contributed by atoms with Crippen molar-refractivity contribution >= 4 is 34.9 Å². The molecular weight excluding hydrogens is 604 g/mol. The molecule has 5 rings (SSSR count). The number of carbonyl (C=O) groups excluding carboxylic acids is 2. The Morgan fingerprint density at radius 2 is 1.65 bits per heavy atom. The standard InChI is InChI=1S/C32H34F4N8O2/c1-31(32(34,35)36)11-9-23(10-12-31)39-27-18-28(38-20-37-27)42-30(46)41-26-17-24(7-8-25(26)33)40-29(45)22-5-3-21(4-6-22)19-44-15-13-43(2)14-16-44/h3-11,17-18,20H,12-16,19H2,1-2H3,(H,40,45)(H3,37,38,39,41,42,46). The first-order chi connectivity index (χ1) is 21.9. The molecule has 4 N–H and O–H groups in total. The van der Waals surface area contributed by atoms with Crippen molar-refractivity contribution in [2.24, 2.45) is 5.41 Å². The molecule has 1 unspecified atom stereocenters. The molecule has 2 aliphatic rings. The van der Waals surface area contributed by atoms with Crippen molar-refractivity contribution in [1.82, 2.24) is 19.8 Å². The van der Waals surface area contributed by atoms with E-state index in [1.54, 1.807) is 12.1 Å². The maximum atomic E-state index is 14.6. The van der Waals surface area contributed by atoms with E-state index in [0.717, 1.165) is 63.7 Å². The Balaban J connectivity index is 1.15. The number of anilines is 4. The second-order valence-corrected chi connectivity index (χ2v) is 11.5. The Morgan fingerprint density at radius 1 is 0.935 bits per heavy atom. The van der Waals surface area contributed by atoms with Gasteiger partial charge in [-0.15, -0.1) is 0 Å². The van der Waals surface area contributed by atoms with Crippen LogP contribution in [0, 0.1) is 11.2 Å². The molecule has 3 amide bonds. The highest BCUT2D eigenvalue weighted by molar-refractivity contribution is 6.05. The van der Waals surface area contributed by atoms with Crippen molar-refractivity contribution in [2.75, 3.05) is 54.5 Å². The van der Waals surface area contributed by atoms with E-state index in [4.69, 9.17) is 0 Å². The van der Waals surface area contributed by atoms with Crippen molar-refractivity contribution in [3.63, 3.8) is 0 Å². The van der Waals surface area contributed by atoms with Crippen molar-refractivity contribution in [2.45, 2.75) is 26.1 Å². The lowest BCUT2D eigenvalue weighted by Gasteiger charge is -2.32. The van der Waals surface area contributed by atoms with Crippen LogP contribution in [-0.4, -0.2) is 71.1 Å². The molecule has 1 aliphatic heterocycles. The van der Waals surface area contributed by atoms with Gasteiger partial charge in [-0.3, -0.25) is 15.0 Å². The minimum atomic E-state index is -4.38. The number of nitrogens with one attached hydrogen (secondary N) is 4. The summed E-state index contributed by atoms with van der Waals surface area (Å²) in [6, 6.07) is 11.6. The molecule has 1 atom stereocenters. The summed E-state index contributed by atoms with van der Waals surface area (Å²) in [6.07, 6.45) is 0.336. The van der Waals surface area contributed by atoms with Crippen LogP contribution in [0.3, 0.4) is 0 Å².